The van der Waals surface area contributed by atoms with Gasteiger partial charge in [-0.3, -0.25) is 14.5 Å². The van der Waals surface area contributed by atoms with Crippen molar-refractivity contribution in [3.8, 4) is 0 Å². The monoisotopic (exact) mass is 332 g/mol. The third-order valence-electron chi connectivity index (χ3n) is 3.07. The molecule has 1 heterocycles. The van der Waals surface area contributed by atoms with Crippen LogP contribution in [0.4, 0.5) is 4.39 Å². The second kappa shape index (κ2) is 7.56. The van der Waals surface area contributed by atoms with E-state index in [1.54, 1.807) is 0 Å². The molecular formula is C15H18ClFN2O3. The number of hydrogen-bond acceptors (Lipinski definition) is 3. The van der Waals surface area contributed by atoms with E-state index in [1.807, 2.05) is 0 Å². The number of nitrogens with zero attached hydrogens (tertiary/aromatic N) is 1. The second-order valence-electron chi connectivity index (χ2n) is 4.87. The lowest BCUT2D eigenvalue weighted by Crippen LogP contribution is -2.40. The molecule has 5 nitrogen and oxygen atoms in total. The molecule has 2 rings (SSSR count). The highest BCUT2D eigenvalue weighted by Crippen LogP contribution is 2.17. The number of hydrogen-bond donors (Lipinski definition) is 2. The summed E-state index contributed by atoms with van der Waals surface area (Å²) in [4.78, 5) is 24.2. The highest BCUT2D eigenvalue weighted by Gasteiger charge is 2.21. The lowest BCUT2D eigenvalue weighted by atomic mass is 9.96. The van der Waals surface area contributed by atoms with E-state index in [0.717, 1.165) is 12.1 Å². The van der Waals surface area contributed by atoms with Crippen molar-refractivity contribution >= 4 is 23.5 Å². The number of amides is 1. The fourth-order valence-electron chi connectivity index (χ4n) is 2.04. The molecule has 1 fully saturated rings. The standard InChI is InChI=1S/C15H18ClFN2O3/c16-12-5-11(6-13(17)7-12)15(22)18-8-10-1-3-19(4-2-10)9-14(20)21/h5-7,10H,1-4,8-9H2,(H,18,22)(H,20,21)/i1D2,2D2. The van der Waals surface area contributed by atoms with Gasteiger partial charge in [-0.1, -0.05) is 11.6 Å². The molecule has 1 amide bonds. The van der Waals surface area contributed by atoms with Crippen molar-refractivity contribution in [2.75, 3.05) is 26.2 Å². The zero-order chi connectivity index (χ0) is 19.7. The number of carboxylic acids is 1. The first-order chi connectivity index (χ1) is 11.9. The zero-order valence-corrected chi connectivity index (χ0v) is 12.4. The number of aliphatic carboxylic acids is 1. The SMILES string of the molecule is [2H]C1([2H])CN(CC(=O)O)CC([2H])([2H])C1CNC(=O)c1cc(F)cc(Cl)c1. The van der Waals surface area contributed by atoms with Crippen LogP contribution in [0, 0.1) is 11.7 Å². The number of rotatable bonds is 5. The van der Waals surface area contributed by atoms with Crippen LogP contribution in [0.2, 0.25) is 5.02 Å². The average molecular weight is 333 g/mol. The Kier molecular flexibility index (Phi) is 4.07. The van der Waals surface area contributed by atoms with E-state index in [0.29, 0.717) is 0 Å². The van der Waals surface area contributed by atoms with Gasteiger partial charge in [0, 0.05) is 22.6 Å². The van der Waals surface area contributed by atoms with Crippen molar-refractivity contribution < 1.29 is 24.6 Å². The largest absolute Gasteiger partial charge is 0.480 e. The first-order valence-electron chi connectivity index (χ1n) is 8.59. The molecule has 0 atom stereocenters. The predicted molar refractivity (Wildman–Crippen MR) is 80.5 cm³/mol. The van der Waals surface area contributed by atoms with Crippen molar-refractivity contribution in [2.45, 2.75) is 12.7 Å². The maximum Gasteiger partial charge on any atom is 0.317 e. The first-order valence-corrected chi connectivity index (χ1v) is 6.97. The van der Waals surface area contributed by atoms with Gasteiger partial charge in [-0.05, 0) is 50.0 Å². The Bertz CT molecular complexity index is 682. The number of carbonyl (C=O) groups is 2. The number of likely N-dealkylation sites (tertiary alicyclic amines) is 1. The summed E-state index contributed by atoms with van der Waals surface area (Å²) in [7, 11) is 0. The number of benzene rings is 1. The predicted octanol–water partition coefficient (Wildman–Crippen LogP) is 2.01. The molecule has 2 N–H and O–H groups in total. The summed E-state index contributed by atoms with van der Waals surface area (Å²) in [6, 6.07) is 3.26. The molecule has 1 aromatic carbocycles. The van der Waals surface area contributed by atoms with Gasteiger partial charge in [0.1, 0.15) is 5.82 Å². The minimum Gasteiger partial charge on any atom is -0.480 e. The fourth-order valence-corrected chi connectivity index (χ4v) is 2.26. The molecule has 1 saturated heterocycles. The Balaban J connectivity index is 2.10. The summed E-state index contributed by atoms with van der Waals surface area (Å²) in [6.07, 6.45) is -4.13. The van der Waals surface area contributed by atoms with Crippen LogP contribution in [-0.4, -0.2) is 48.1 Å². The number of carboxylic acid groups (broad SMARTS) is 1. The van der Waals surface area contributed by atoms with Crippen LogP contribution in [-0.2, 0) is 4.79 Å². The van der Waals surface area contributed by atoms with Crippen LogP contribution in [0.5, 0.6) is 0 Å². The molecule has 22 heavy (non-hydrogen) atoms. The van der Waals surface area contributed by atoms with E-state index < -0.39 is 42.9 Å². The summed E-state index contributed by atoms with van der Waals surface area (Å²) >= 11 is 5.70. The molecule has 0 aromatic heterocycles. The van der Waals surface area contributed by atoms with Crippen molar-refractivity contribution in [3.63, 3.8) is 0 Å². The third-order valence-corrected chi connectivity index (χ3v) is 3.29. The number of carbonyl (C=O) groups excluding carboxylic acids is 1. The zero-order valence-electron chi connectivity index (χ0n) is 15.6. The van der Waals surface area contributed by atoms with Crippen LogP contribution >= 0.6 is 11.6 Å². The molecule has 1 aliphatic rings. The van der Waals surface area contributed by atoms with Crippen LogP contribution in [0.1, 0.15) is 28.6 Å². The molecular weight excluding hydrogens is 311 g/mol. The minimum absolute atomic E-state index is 0.0304. The van der Waals surface area contributed by atoms with Gasteiger partial charge < -0.3 is 10.4 Å². The van der Waals surface area contributed by atoms with Crippen molar-refractivity contribution in [1.82, 2.24) is 10.2 Å². The van der Waals surface area contributed by atoms with Crippen LogP contribution in [0.25, 0.3) is 0 Å². The topological polar surface area (TPSA) is 69.6 Å². The molecule has 0 radical (unpaired) electrons. The molecule has 0 bridgehead atoms. The van der Waals surface area contributed by atoms with Gasteiger partial charge in [0.2, 0.25) is 0 Å². The maximum absolute atomic E-state index is 13.3. The van der Waals surface area contributed by atoms with Gasteiger partial charge in [0.25, 0.3) is 5.91 Å². The highest BCUT2D eigenvalue weighted by atomic mass is 35.5. The quantitative estimate of drug-likeness (QED) is 0.865. The van der Waals surface area contributed by atoms with Crippen LogP contribution in [0.15, 0.2) is 18.2 Å². The summed E-state index contributed by atoms with van der Waals surface area (Å²) in [6.45, 7) is -1.34. The van der Waals surface area contributed by atoms with Crippen molar-refractivity contribution in [3.05, 3.63) is 34.6 Å². The van der Waals surface area contributed by atoms with E-state index in [1.165, 1.54) is 11.0 Å². The van der Waals surface area contributed by atoms with E-state index in [9.17, 15) is 14.0 Å². The Morgan fingerprint density at radius 3 is 2.68 bits per heavy atom. The maximum atomic E-state index is 13.3. The minimum atomic E-state index is -2.07. The Morgan fingerprint density at radius 2 is 2.09 bits per heavy atom. The number of halogens is 2. The fraction of sp³-hybridized carbons (Fsp3) is 0.467. The molecule has 0 saturated carbocycles. The molecule has 120 valence electrons. The lowest BCUT2D eigenvalue weighted by Gasteiger charge is -2.30. The van der Waals surface area contributed by atoms with Gasteiger partial charge in [-0.2, -0.15) is 0 Å². The molecule has 0 unspecified atom stereocenters. The van der Waals surface area contributed by atoms with E-state index >= 15 is 0 Å². The van der Waals surface area contributed by atoms with Crippen LogP contribution in [0.3, 0.4) is 0 Å². The third kappa shape index (κ3) is 4.96. The average Bonchev–Trinajstić information content (AvgIpc) is 2.42. The van der Waals surface area contributed by atoms with Gasteiger partial charge in [0.05, 0.1) is 6.54 Å². The molecule has 1 aromatic rings. The normalized spacial score (nSPS) is 23.7. The number of piperidine rings is 1. The molecule has 7 heteroatoms. The lowest BCUT2D eigenvalue weighted by molar-refractivity contribution is -0.138. The second-order valence-corrected chi connectivity index (χ2v) is 5.30. The molecule has 1 aliphatic heterocycles. The van der Waals surface area contributed by atoms with E-state index in [2.05, 4.69) is 5.32 Å². The van der Waals surface area contributed by atoms with Gasteiger partial charge in [-0.15, -0.1) is 0 Å². The number of nitrogens with one attached hydrogen (secondary N) is 1. The van der Waals surface area contributed by atoms with E-state index in [-0.39, 0.29) is 30.2 Å². The van der Waals surface area contributed by atoms with Gasteiger partial charge >= 0.3 is 5.97 Å². The van der Waals surface area contributed by atoms with Gasteiger partial charge in [-0.25, -0.2) is 4.39 Å². The summed E-state index contributed by atoms with van der Waals surface area (Å²) in [5, 5.41) is 11.3. The van der Waals surface area contributed by atoms with Crippen LogP contribution < -0.4 is 5.32 Å². The highest BCUT2D eigenvalue weighted by molar-refractivity contribution is 6.31. The Morgan fingerprint density at radius 1 is 1.41 bits per heavy atom. The first kappa shape index (κ1) is 11.8. The summed E-state index contributed by atoms with van der Waals surface area (Å²) < 4.78 is 45.7. The smallest absolute Gasteiger partial charge is 0.317 e. The van der Waals surface area contributed by atoms with E-state index in [4.69, 9.17) is 22.2 Å². The molecule has 0 spiro atoms. The summed E-state index contributed by atoms with van der Waals surface area (Å²) in [5.74, 6) is -3.78. The summed E-state index contributed by atoms with van der Waals surface area (Å²) in [5.41, 5.74) is -0.0561. The Hall–Kier alpha value is -1.66. The molecule has 0 aliphatic carbocycles. The van der Waals surface area contributed by atoms with Crippen molar-refractivity contribution in [1.29, 1.82) is 0 Å². The van der Waals surface area contributed by atoms with Gasteiger partial charge in [0.15, 0.2) is 0 Å². The Labute approximate surface area is 138 Å². The van der Waals surface area contributed by atoms with Crippen molar-refractivity contribution in [2.24, 2.45) is 5.92 Å².